The number of guanidine groups is 1. The molecule has 2 aromatic rings. The Labute approximate surface area is 165 Å². The lowest BCUT2D eigenvalue weighted by atomic mass is 9.96. The third kappa shape index (κ3) is 4.69. The van der Waals surface area contributed by atoms with E-state index in [1.54, 1.807) is 37.4 Å². The summed E-state index contributed by atoms with van der Waals surface area (Å²) in [7, 11) is -0.408. The summed E-state index contributed by atoms with van der Waals surface area (Å²) in [5.41, 5.74) is 1.77. The van der Waals surface area contributed by atoms with Gasteiger partial charge in [-0.2, -0.15) is 0 Å². The largest absolute Gasteiger partial charge is 0.356 e. The second-order valence-electron chi connectivity index (χ2n) is 6.92. The number of hydrogen-bond acceptors (Lipinski definition) is 3. The van der Waals surface area contributed by atoms with Crippen molar-refractivity contribution >= 4 is 16.0 Å². The molecule has 0 bridgehead atoms. The van der Waals surface area contributed by atoms with Gasteiger partial charge in [0.2, 0.25) is 10.0 Å². The summed E-state index contributed by atoms with van der Waals surface area (Å²) in [6.45, 7) is 1.09. The minimum Gasteiger partial charge on any atom is -0.356 e. The lowest BCUT2D eigenvalue weighted by molar-refractivity contribution is 0.588. The lowest BCUT2D eigenvalue weighted by Gasteiger charge is -2.19. The quantitative estimate of drug-likeness (QED) is 0.488. The van der Waals surface area contributed by atoms with Gasteiger partial charge < -0.3 is 10.6 Å². The van der Waals surface area contributed by atoms with E-state index >= 15 is 0 Å². The van der Waals surface area contributed by atoms with Gasteiger partial charge in [-0.05, 0) is 55.3 Å². The Morgan fingerprint density at radius 3 is 2.54 bits per heavy atom. The molecule has 0 amide bonds. The topological polar surface area (TPSA) is 82.6 Å². The molecule has 0 aliphatic heterocycles. The van der Waals surface area contributed by atoms with Crippen molar-refractivity contribution in [3.63, 3.8) is 0 Å². The average Bonchev–Trinajstić information content (AvgIpc) is 3.49. The molecule has 0 aromatic heterocycles. The number of sulfonamides is 1. The summed E-state index contributed by atoms with van der Waals surface area (Å²) in [5.74, 6) is 0.396. The van der Waals surface area contributed by atoms with Gasteiger partial charge in [0, 0.05) is 25.6 Å². The fraction of sp³-hybridized carbons (Fsp3) is 0.350. The van der Waals surface area contributed by atoms with Crippen molar-refractivity contribution in [1.82, 2.24) is 15.4 Å². The lowest BCUT2D eigenvalue weighted by Crippen LogP contribution is -2.40. The van der Waals surface area contributed by atoms with E-state index in [0.717, 1.165) is 24.0 Å². The van der Waals surface area contributed by atoms with E-state index in [1.165, 1.54) is 13.1 Å². The average molecular weight is 405 g/mol. The summed E-state index contributed by atoms with van der Waals surface area (Å²) in [6.07, 6.45) is 2.01. The second kappa shape index (κ2) is 8.28. The Morgan fingerprint density at radius 1 is 1.14 bits per heavy atom. The molecule has 1 aliphatic rings. The van der Waals surface area contributed by atoms with Crippen molar-refractivity contribution < 1.29 is 12.8 Å². The van der Waals surface area contributed by atoms with Crippen molar-refractivity contribution in [1.29, 1.82) is 0 Å². The number of nitrogens with one attached hydrogen (secondary N) is 3. The molecule has 3 N–H and O–H groups in total. The molecular formula is C20H25FN4O2S. The molecule has 1 fully saturated rings. The Balaban J connectivity index is 1.60. The maximum Gasteiger partial charge on any atom is 0.240 e. The van der Waals surface area contributed by atoms with Crippen LogP contribution in [0, 0.1) is 5.82 Å². The Hall–Kier alpha value is -2.45. The van der Waals surface area contributed by atoms with Crippen LogP contribution in [0.2, 0.25) is 0 Å². The Bertz CT molecular complexity index is 972. The van der Waals surface area contributed by atoms with Crippen molar-refractivity contribution in [3.8, 4) is 0 Å². The minimum absolute atomic E-state index is 0.0550. The molecule has 1 aliphatic carbocycles. The van der Waals surface area contributed by atoms with Gasteiger partial charge in [-0.15, -0.1) is 0 Å². The molecule has 0 heterocycles. The molecule has 0 spiro atoms. The molecule has 6 nitrogen and oxygen atoms in total. The number of hydrogen-bond donors (Lipinski definition) is 3. The summed E-state index contributed by atoms with van der Waals surface area (Å²) in [5, 5.41) is 6.50. The summed E-state index contributed by atoms with van der Waals surface area (Å²) < 4.78 is 39.7. The standard InChI is InChI=1S/C20H25FN4O2S/c1-22-19(24-13-15-5-3-8-18(11-15)28(26,27)23-2)25-14-20(9-10-20)16-6-4-7-17(21)12-16/h3-8,11-12,23H,9-10,13-14H2,1-2H3,(H2,22,24,25). The first kappa shape index (κ1) is 20.3. The molecule has 150 valence electrons. The zero-order valence-corrected chi connectivity index (χ0v) is 16.8. The predicted molar refractivity (Wildman–Crippen MR) is 108 cm³/mol. The number of rotatable bonds is 7. The summed E-state index contributed by atoms with van der Waals surface area (Å²) in [6, 6.07) is 13.5. The molecule has 3 rings (SSSR count). The first-order valence-corrected chi connectivity index (χ1v) is 10.6. The van der Waals surface area contributed by atoms with Crippen LogP contribution in [0.3, 0.4) is 0 Å². The highest BCUT2D eigenvalue weighted by atomic mass is 32.2. The van der Waals surface area contributed by atoms with Gasteiger partial charge in [0.05, 0.1) is 4.90 Å². The molecule has 0 radical (unpaired) electrons. The van der Waals surface area contributed by atoms with Gasteiger partial charge in [0.15, 0.2) is 5.96 Å². The zero-order chi connectivity index (χ0) is 20.2. The van der Waals surface area contributed by atoms with E-state index in [4.69, 9.17) is 0 Å². The van der Waals surface area contributed by atoms with Crippen LogP contribution in [-0.4, -0.2) is 35.0 Å². The third-order valence-corrected chi connectivity index (χ3v) is 6.46. The Morgan fingerprint density at radius 2 is 1.89 bits per heavy atom. The van der Waals surface area contributed by atoms with Crippen LogP contribution in [0.4, 0.5) is 4.39 Å². The van der Waals surface area contributed by atoms with E-state index in [2.05, 4.69) is 20.3 Å². The minimum atomic E-state index is -3.47. The molecule has 0 unspecified atom stereocenters. The SMILES string of the molecule is CN=C(NCc1cccc(S(=O)(=O)NC)c1)NCC1(c2cccc(F)c2)CC1. The molecule has 28 heavy (non-hydrogen) atoms. The van der Waals surface area contributed by atoms with Crippen LogP contribution < -0.4 is 15.4 Å². The van der Waals surface area contributed by atoms with E-state index < -0.39 is 10.0 Å². The van der Waals surface area contributed by atoms with Crippen molar-refractivity contribution in [3.05, 3.63) is 65.5 Å². The summed E-state index contributed by atoms with van der Waals surface area (Å²) >= 11 is 0. The van der Waals surface area contributed by atoms with Crippen LogP contribution in [0.5, 0.6) is 0 Å². The van der Waals surface area contributed by atoms with E-state index in [1.807, 2.05) is 12.1 Å². The number of nitrogens with zero attached hydrogens (tertiary/aromatic N) is 1. The van der Waals surface area contributed by atoms with Crippen LogP contribution in [0.15, 0.2) is 58.4 Å². The van der Waals surface area contributed by atoms with Crippen molar-refractivity contribution in [2.45, 2.75) is 29.7 Å². The molecule has 0 saturated heterocycles. The Kier molecular flexibility index (Phi) is 6.00. The number of halogens is 1. The van der Waals surface area contributed by atoms with Crippen molar-refractivity contribution in [2.75, 3.05) is 20.6 Å². The molecule has 2 aromatic carbocycles. The first-order chi connectivity index (χ1) is 13.4. The van der Waals surface area contributed by atoms with Crippen LogP contribution >= 0.6 is 0 Å². The maximum absolute atomic E-state index is 13.5. The van der Waals surface area contributed by atoms with Crippen LogP contribution in [0.25, 0.3) is 0 Å². The highest BCUT2D eigenvalue weighted by Gasteiger charge is 2.44. The van der Waals surface area contributed by atoms with Gasteiger partial charge in [-0.3, -0.25) is 4.99 Å². The molecule has 1 saturated carbocycles. The van der Waals surface area contributed by atoms with E-state index in [0.29, 0.717) is 19.0 Å². The molecular weight excluding hydrogens is 379 g/mol. The number of benzene rings is 2. The van der Waals surface area contributed by atoms with Crippen molar-refractivity contribution in [2.24, 2.45) is 4.99 Å². The highest BCUT2D eigenvalue weighted by Crippen LogP contribution is 2.47. The zero-order valence-electron chi connectivity index (χ0n) is 16.0. The van der Waals surface area contributed by atoms with Gasteiger partial charge in [-0.25, -0.2) is 17.5 Å². The fourth-order valence-electron chi connectivity index (χ4n) is 3.14. The number of aliphatic imine (C=N–C) groups is 1. The monoisotopic (exact) mass is 404 g/mol. The predicted octanol–water partition coefficient (Wildman–Crippen LogP) is 2.13. The summed E-state index contributed by atoms with van der Waals surface area (Å²) in [4.78, 5) is 4.44. The van der Waals surface area contributed by atoms with E-state index in [-0.39, 0.29) is 16.1 Å². The van der Waals surface area contributed by atoms with Gasteiger partial charge in [-0.1, -0.05) is 24.3 Å². The first-order valence-electron chi connectivity index (χ1n) is 9.12. The van der Waals surface area contributed by atoms with Gasteiger partial charge in [0.25, 0.3) is 0 Å². The van der Waals surface area contributed by atoms with Crippen LogP contribution in [0.1, 0.15) is 24.0 Å². The highest BCUT2D eigenvalue weighted by molar-refractivity contribution is 7.89. The second-order valence-corrected chi connectivity index (χ2v) is 8.81. The van der Waals surface area contributed by atoms with Crippen LogP contribution in [-0.2, 0) is 22.0 Å². The van der Waals surface area contributed by atoms with Gasteiger partial charge >= 0.3 is 0 Å². The maximum atomic E-state index is 13.5. The van der Waals surface area contributed by atoms with Gasteiger partial charge in [0.1, 0.15) is 5.82 Å². The third-order valence-electron chi connectivity index (χ3n) is 5.05. The van der Waals surface area contributed by atoms with E-state index in [9.17, 15) is 12.8 Å². The fourth-order valence-corrected chi connectivity index (χ4v) is 3.94. The smallest absolute Gasteiger partial charge is 0.240 e. The normalized spacial score (nSPS) is 15.9. The molecule has 8 heteroatoms. The molecule has 0 atom stereocenters.